The molecule has 1 aromatic carbocycles. The number of nitrogens with one attached hydrogen (secondary N) is 1. The van der Waals surface area contributed by atoms with Crippen LogP contribution in [0.1, 0.15) is 39.1 Å². The standard InChI is InChI=1S/C16H16Cl2N2O2S/c17-11-3-1-2-10(15(11)18)12(8-21)20-16(22)13-7-19-14(23-13)6-9-4-5-9/h1-3,7,9,12,21H,4-6,8H2,(H,20,22). The van der Waals surface area contributed by atoms with Crippen molar-refractivity contribution in [3.8, 4) is 0 Å². The molecule has 3 rings (SSSR count). The minimum atomic E-state index is -0.609. The van der Waals surface area contributed by atoms with E-state index in [1.165, 1.54) is 24.2 Å². The smallest absolute Gasteiger partial charge is 0.263 e. The predicted molar refractivity (Wildman–Crippen MR) is 92.3 cm³/mol. The van der Waals surface area contributed by atoms with Crippen molar-refractivity contribution in [1.82, 2.24) is 10.3 Å². The summed E-state index contributed by atoms with van der Waals surface area (Å²) in [6.07, 6.45) is 5.04. The molecule has 1 heterocycles. The minimum absolute atomic E-state index is 0.264. The number of rotatable bonds is 6. The number of benzene rings is 1. The molecule has 122 valence electrons. The fraction of sp³-hybridized carbons (Fsp3) is 0.375. The second-order valence-corrected chi connectivity index (χ2v) is 7.52. The number of hydrogen-bond donors (Lipinski definition) is 2. The summed E-state index contributed by atoms with van der Waals surface area (Å²) >= 11 is 13.6. The Morgan fingerprint density at radius 1 is 1.43 bits per heavy atom. The molecule has 1 aliphatic carbocycles. The number of aliphatic hydroxyl groups is 1. The Kier molecular flexibility index (Phi) is 5.21. The molecule has 7 heteroatoms. The Bertz CT molecular complexity index is 716. The van der Waals surface area contributed by atoms with E-state index in [1.54, 1.807) is 24.4 Å². The fourth-order valence-electron chi connectivity index (χ4n) is 2.32. The summed E-state index contributed by atoms with van der Waals surface area (Å²) in [5.74, 6) is 0.465. The van der Waals surface area contributed by atoms with Crippen LogP contribution in [0.3, 0.4) is 0 Å². The van der Waals surface area contributed by atoms with Gasteiger partial charge in [-0.1, -0.05) is 35.3 Å². The fourth-order valence-corrected chi connectivity index (χ4v) is 3.69. The minimum Gasteiger partial charge on any atom is -0.394 e. The van der Waals surface area contributed by atoms with Crippen molar-refractivity contribution in [2.75, 3.05) is 6.61 Å². The van der Waals surface area contributed by atoms with Gasteiger partial charge in [-0.15, -0.1) is 11.3 Å². The van der Waals surface area contributed by atoms with Crippen molar-refractivity contribution in [3.05, 3.63) is 49.9 Å². The highest BCUT2D eigenvalue weighted by atomic mass is 35.5. The van der Waals surface area contributed by atoms with Crippen LogP contribution >= 0.6 is 34.5 Å². The number of hydrogen-bond acceptors (Lipinski definition) is 4. The van der Waals surface area contributed by atoms with Gasteiger partial charge in [0.05, 0.1) is 33.9 Å². The summed E-state index contributed by atoms with van der Waals surface area (Å²) in [6, 6.07) is 4.53. The molecule has 1 saturated carbocycles. The zero-order chi connectivity index (χ0) is 16.4. The van der Waals surface area contributed by atoms with Gasteiger partial charge in [0.25, 0.3) is 5.91 Å². The Morgan fingerprint density at radius 2 is 2.22 bits per heavy atom. The number of aliphatic hydroxyl groups excluding tert-OH is 1. The molecule has 0 radical (unpaired) electrons. The lowest BCUT2D eigenvalue weighted by Gasteiger charge is -2.18. The molecule has 2 aromatic rings. The van der Waals surface area contributed by atoms with Gasteiger partial charge in [-0.25, -0.2) is 4.98 Å². The molecule has 4 nitrogen and oxygen atoms in total. The van der Waals surface area contributed by atoms with Gasteiger partial charge in [-0.3, -0.25) is 4.79 Å². The number of carbonyl (C=O) groups excluding carboxylic acids is 1. The van der Waals surface area contributed by atoms with E-state index in [9.17, 15) is 9.90 Å². The van der Waals surface area contributed by atoms with Crippen LogP contribution < -0.4 is 5.32 Å². The van der Waals surface area contributed by atoms with Crippen LogP contribution in [0.2, 0.25) is 10.0 Å². The number of aromatic nitrogens is 1. The maximum absolute atomic E-state index is 12.4. The van der Waals surface area contributed by atoms with Crippen LogP contribution in [0.5, 0.6) is 0 Å². The van der Waals surface area contributed by atoms with Crippen LogP contribution in [0.25, 0.3) is 0 Å². The second-order valence-electron chi connectivity index (χ2n) is 5.62. The van der Waals surface area contributed by atoms with Crippen molar-refractivity contribution in [3.63, 3.8) is 0 Å². The molecule has 0 bridgehead atoms. The van der Waals surface area contributed by atoms with Gasteiger partial charge in [-0.05, 0) is 30.4 Å². The van der Waals surface area contributed by atoms with E-state index in [2.05, 4.69) is 10.3 Å². The van der Waals surface area contributed by atoms with Crippen LogP contribution in [-0.4, -0.2) is 22.6 Å². The normalized spacial score (nSPS) is 15.4. The third-order valence-corrected chi connectivity index (χ3v) is 5.63. The third-order valence-electron chi connectivity index (χ3n) is 3.78. The summed E-state index contributed by atoms with van der Waals surface area (Å²) in [6.45, 7) is -0.264. The summed E-state index contributed by atoms with van der Waals surface area (Å²) in [5.41, 5.74) is 0.595. The lowest BCUT2D eigenvalue weighted by Crippen LogP contribution is -2.30. The molecular formula is C16H16Cl2N2O2S. The van der Waals surface area contributed by atoms with E-state index in [0.717, 1.165) is 17.3 Å². The zero-order valence-electron chi connectivity index (χ0n) is 12.3. The average Bonchev–Trinajstić information content (AvgIpc) is 3.22. The Labute approximate surface area is 148 Å². The number of thiazole rings is 1. The molecule has 1 aliphatic rings. The van der Waals surface area contributed by atoms with E-state index in [0.29, 0.717) is 20.5 Å². The molecule has 0 saturated heterocycles. The van der Waals surface area contributed by atoms with Crippen molar-refractivity contribution < 1.29 is 9.90 Å². The van der Waals surface area contributed by atoms with Gasteiger partial charge in [0, 0.05) is 6.42 Å². The first kappa shape index (κ1) is 16.7. The first-order valence-corrected chi connectivity index (χ1v) is 8.96. The highest BCUT2D eigenvalue weighted by Gasteiger charge is 2.24. The third kappa shape index (κ3) is 4.04. The maximum atomic E-state index is 12.4. The van der Waals surface area contributed by atoms with Crippen molar-refractivity contribution in [1.29, 1.82) is 0 Å². The lowest BCUT2D eigenvalue weighted by atomic mass is 10.1. The van der Waals surface area contributed by atoms with Gasteiger partial charge in [0.2, 0.25) is 0 Å². The van der Waals surface area contributed by atoms with Crippen LogP contribution in [-0.2, 0) is 6.42 Å². The van der Waals surface area contributed by atoms with Crippen LogP contribution in [0, 0.1) is 5.92 Å². The van der Waals surface area contributed by atoms with Crippen LogP contribution in [0.4, 0.5) is 0 Å². The van der Waals surface area contributed by atoms with Gasteiger partial charge >= 0.3 is 0 Å². The van der Waals surface area contributed by atoms with E-state index >= 15 is 0 Å². The zero-order valence-corrected chi connectivity index (χ0v) is 14.6. The van der Waals surface area contributed by atoms with Gasteiger partial charge in [0.15, 0.2) is 0 Å². The molecule has 0 aliphatic heterocycles. The van der Waals surface area contributed by atoms with Gasteiger partial charge in [0.1, 0.15) is 4.88 Å². The first-order chi connectivity index (χ1) is 11.1. The van der Waals surface area contributed by atoms with Crippen LogP contribution in [0.15, 0.2) is 24.4 Å². The molecular weight excluding hydrogens is 355 g/mol. The lowest BCUT2D eigenvalue weighted by molar-refractivity contribution is 0.0920. The monoisotopic (exact) mass is 370 g/mol. The molecule has 1 fully saturated rings. The highest BCUT2D eigenvalue weighted by Crippen LogP contribution is 2.34. The maximum Gasteiger partial charge on any atom is 0.263 e. The molecule has 0 spiro atoms. The molecule has 1 atom stereocenters. The Morgan fingerprint density at radius 3 is 2.91 bits per heavy atom. The molecule has 1 amide bonds. The van der Waals surface area contributed by atoms with Crippen molar-refractivity contribution in [2.45, 2.75) is 25.3 Å². The SMILES string of the molecule is O=C(NC(CO)c1cccc(Cl)c1Cl)c1cnc(CC2CC2)s1. The molecule has 23 heavy (non-hydrogen) atoms. The van der Waals surface area contributed by atoms with E-state index < -0.39 is 6.04 Å². The topological polar surface area (TPSA) is 62.2 Å². The van der Waals surface area contributed by atoms with Crippen molar-refractivity contribution >= 4 is 40.4 Å². The van der Waals surface area contributed by atoms with Crippen molar-refractivity contribution in [2.24, 2.45) is 5.92 Å². The number of carbonyl (C=O) groups is 1. The Hall–Kier alpha value is -1.14. The summed E-state index contributed by atoms with van der Waals surface area (Å²) in [7, 11) is 0. The number of halogens is 2. The molecule has 1 aromatic heterocycles. The predicted octanol–water partition coefficient (Wildman–Crippen LogP) is 3.87. The quantitative estimate of drug-likeness (QED) is 0.811. The highest BCUT2D eigenvalue weighted by molar-refractivity contribution is 7.13. The summed E-state index contributed by atoms with van der Waals surface area (Å²) < 4.78 is 0. The summed E-state index contributed by atoms with van der Waals surface area (Å²) in [4.78, 5) is 17.2. The van der Waals surface area contributed by atoms with E-state index in [4.69, 9.17) is 23.2 Å². The van der Waals surface area contributed by atoms with Gasteiger partial charge in [-0.2, -0.15) is 0 Å². The number of nitrogens with zero attached hydrogens (tertiary/aromatic N) is 1. The Balaban J connectivity index is 1.71. The van der Waals surface area contributed by atoms with Gasteiger partial charge < -0.3 is 10.4 Å². The first-order valence-electron chi connectivity index (χ1n) is 7.38. The average molecular weight is 371 g/mol. The molecule has 2 N–H and O–H groups in total. The van der Waals surface area contributed by atoms with E-state index in [-0.39, 0.29) is 12.5 Å². The largest absolute Gasteiger partial charge is 0.394 e. The van der Waals surface area contributed by atoms with E-state index in [1.807, 2.05) is 0 Å². The number of amides is 1. The molecule has 1 unspecified atom stereocenters. The second kappa shape index (κ2) is 7.18. The summed E-state index contributed by atoms with van der Waals surface area (Å²) in [5, 5.41) is 14.1.